The molecule has 0 saturated carbocycles. The van der Waals surface area contributed by atoms with Gasteiger partial charge in [-0.2, -0.15) is 0 Å². The van der Waals surface area contributed by atoms with Crippen molar-refractivity contribution in [3.8, 4) is 0 Å². The molecule has 0 unspecified atom stereocenters. The quantitative estimate of drug-likeness (QED) is 0.561. The van der Waals surface area contributed by atoms with Crippen molar-refractivity contribution >= 4 is 40.1 Å². The first-order valence-corrected chi connectivity index (χ1v) is 7.50. The van der Waals surface area contributed by atoms with Crippen molar-refractivity contribution in [3.05, 3.63) is 65.4 Å². The zero-order chi connectivity index (χ0) is 16.7. The molecule has 5 heteroatoms. The van der Waals surface area contributed by atoms with Gasteiger partial charge in [-0.25, -0.2) is 4.79 Å². The van der Waals surface area contributed by atoms with Gasteiger partial charge >= 0.3 is 5.97 Å². The second-order valence-corrected chi connectivity index (χ2v) is 5.51. The van der Waals surface area contributed by atoms with Gasteiger partial charge in [0.15, 0.2) is 0 Å². The van der Waals surface area contributed by atoms with E-state index in [1.807, 2.05) is 48.5 Å². The smallest absolute Gasteiger partial charge is 0.355 e. The second-order valence-electron chi connectivity index (χ2n) is 5.51. The Morgan fingerprint density at radius 3 is 2.67 bits per heavy atom. The third-order valence-electron chi connectivity index (χ3n) is 4.13. The van der Waals surface area contributed by atoms with E-state index in [0.29, 0.717) is 16.8 Å². The van der Waals surface area contributed by atoms with E-state index >= 15 is 0 Å². The number of hydrogen-bond donors (Lipinski definition) is 2. The highest BCUT2D eigenvalue weighted by Crippen LogP contribution is 2.35. The molecule has 4 rings (SSSR count). The zero-order valence-electron chi connectivity index (χ0n) is 12.9. The van der Waals surface area contributed by atoms with E-state index in [1.54, 1.807) is 6.08 Å². The molecule has 0 atom stereocenters. The van der Waals surface area contributed by atoms with Gasteiger partial charge in [-0.3, -0.25) is 4.79 Å². The number of benzene rings is 2. The molecule has 1 amide bonds. The number of methoxy groups -OCH3 is 1. The maximum Gasteiger partial charge on any atom is 0.355 e. The van der Waals surface area contributed by atoms with Gasteiger partial charge in [0.05, 0.1) is 7.11 Å². The summed E-state index contributed by atoms with van der Waals surface area (Å²) in [5, 5.41) is 3.70. The number of carbonyl (C=O) groups excluding carboxylic acids is 2. The van der Waals surface area contributed by atoms with E-state index in [1.165, 1.54) is 7.11 Å². The summed E-state index contributed by atoms with van der Waals surface area (Å²) in [6.07, 6.45) is 1.74. The summed E-state index contributed by atoms with van der Waals surface area (Å²) >= 11 is 0. The summed E-state index contributed by atoms with van der Waals surface area (Å²) in [6.45, 7) is 0. The molecule has 1 aliphatic rings. The lowest BCUT2D eigenvalue weighted by molar-refractivity contribution is -0.110. The van der Waals surface area contributed by atoms with E-state index in [4.69, 9.17) is 4.74 Å². The molecule has 0 spiro atoms. The van der Waals surface area contributed by atoms with Gasteiger partial charge in [0.25, 0.3) is 5.91 Å². The minimum atomic E-state index is -0.468. The molecular formula is C19H14N2O3. The van der Waals surface area contributed by atoms with Crippen LogP contribution in [0, 0.1) is 0 Å². The largest absolute Gasteiger partial charge is 0.464 e. The first-order valence-electron chi connectivity index (χ1n) is 7.50. The minimum absolute atomic E-state index is 0.183. The summed E-state index contributed by atoms with van der Waals surface area (Å²) in [6, 6.07) is 15.0. The molecule has 0 saturated heterocycles. The number of H-pyrrole nitrogens is 1. The van der Waals surface area contributed by atoms with Gasteiger partial charge in [0.1, 0.15) is 5.69 Å². The van der Waals surface area contributed by atoms with Crippen molar-refractivity contribution in [2.45, 2.75) is 0 Å². The van der Waals surface area contributed by atoms with Crippen LogP contribution in [0.5, 0.6) is 0 Å². The van der Waals surface area contributed by atoms with Gasteiger partial charge in [-0.1, -0.05) is 36.4 Å². The molecular weight excluding hydrogens is 304 g/mol. The first-order chi connectivity index (χ1) is 11.7. The molecule has 2 heterocycles. The average Bonchev–Trinajstić information content (AvgIpc) is 3.13. The number of ether oxygens (including phenoxy) is 1. The molecule has 5 nitrogen and oxygen atoms in total. The molecule has 1 aromatic heterocycles. The third kappa shape index (κ3) is 2.10. The molecule has 2 N–H and O–H groups in total. The van der Waals surface area contributed by atoms with Crippen LogP contribution in [0.2, 0.25) is 0 Å². The summed E-state index contributed by atoms with van der Waals surface area (Å²) in [5.74, 6) is -0.651. The summed E-state index contributed by atoms with van der Waals surface area (Å²) in [4.78, 5) is 27.5. The highest BCUT2D eigenvalue weighted by Gasteiger charge is 2.25. The van der Waals surface area contributed by atoms with Crippen LogP contribution in [-0.2, 0) is 9.53 Å². The third-order valence-corrected chi connectivity index (χ3v) is 4.13. The molecule has 0 bridgehead atoms. The van der Waals surface area contributed by atoms with Crippen molar-refractivity contribution in [2.24, 2.45) is 0 Å². The van der Waals surface area contributed by atoms with Gasteiger partial charge < -0.3 is 15.0 Å². The lowest BCUT2D eigenvalue weighted by Crippen LogP contribution is -2.05. The number of hydrogen-bond acceptors (Lipinski definition) is 3. The molecule has 3 aromatic rings. The maximum absolute atomic E-state index is 12.3. The number of aromatic amines is 1. The highest BCUT2D eigenvalue weighted by atomic mass is 16.5. The number of rotatable bonds is 2. The number of aromatic nitrogens is 1. The molecule has 0 fully saturated rings. The van der Waals surface area contributed by atoms with Crippen LogP contribution in [0.1, 0.15) is 21.6 Å². The Hall–Kier alpha value is -3.34. The van der Waals surface area contributed by atoms with E-state index in [2.05, 4.69) is 10.3 Å². The van der Waals surface area contributed by atoms with E-state index in [-0.39, 0.29) is 5.91 Å². The van der Waals surface area contributed by atoms with Crippen molar-refractivity contribution in [1.29, 1.82) is 0 Å². The Morgan fingerprint density at radius 1 is 1.08 bits per heavy atom. The zero-order valence-corrected chi connectivity index (χ0v) is 12.9. The van der Waals surface area contributed by atoms with E-state index < -0.39 is 5.97 Å². The van der Waals surface area contributed by atoms with Crippen LogP contribution in [0.4, 0.5) is 5.69 Å². The average molecular weight is 318 g/mol. The van der Waals surface area contributed by atoms with Crippen molar-refractivity contribution in [3.63, 3.8) is 0 Å². The number of nitrogens with one attached hydrogen (secondary N) is 2. The van der Waals surface area contributed by atoms with Crippen LogP contribution in [-0.4, -0.2) is 24.0 Å². The fourth-order valence-electron chi connectivity index (χ4n) is 3.00. The Kier molecular flexibility index (Phi) is 3.20. The van der Waals surface area contributed by atoms with Gasteiger partial charge in [0, 0.05) is 33.3 Å². The van der Waals surface area contributed by atoms with Gasteiger partial charge in [-0.15, -0.1) is 0 Å². The van der Waals surface area contributed by atoms with Crippen LogP contribution in [0.25, 0.3) is 22.6 Å². The van der Waals surface area contributed by atoms with Crippen molar-refractivity contribution in [2.75, 3.05) is 12.4 Å². The first kappa shape index (κ1) is 14.3. The topological polar surface area (TPSA) is 71.2 Å². The van der Waals surface area contributed by atoms with E-state index in [9.17, 15) is 9.59 Å². The van der Waals surface area contributed by atoms with Crippen LogP contribution in [0.3, 0.4) is 0 Å². The summed E-state index contributed by atoms with van der Waals surface area (Å²) in [7, 11) is 1.34. The Morgan fingerprint density at radius 2 is 1.83 bits per heavy atom. The Bertz CT molecular complexity index is 1010. The number of esters is 1. The predicted molar refractivity (Wildman–Crippen MR) is 92.6 cm³/mol. The van der Waals surface area contributed by atoms with Crippen LogP contribution in [0.15, 0.2) is 48.5 Å². The second kappa shape index (κ2) is 5.38. The number of amides is 1. The van der Waals surface area contributed by atoms with Crippen molar-refractivity contribution in [1.82, 2.24) is 4.98 Å². The van der Waals surface area contributed by atoms with Gasteiger partial charge in [0.2, 0.25) is 0 Å². The Labute approximate surface area is 137 Å². The summed E-state index contributed by atoms with van der Waals surface area (Å²) in [5.41, 5.74) is 3.93. The lowest BCUT2D eigenvalue weighted by atomic mass is 10.0. The Balaban J connectivity index is 1.97. The molecule has 24 heavy (non-hydrogen) atoms. The molecule has 1 aliphatic heterocycles. The molecule has 0 radical (unpaired) electrons. The number of carbonyl (C=O) groups is 2. The normalized spacial score (nSPS) is 14.7. The SMILES string of the molecule is COC(=O)c1[nH]c2ccccc2c1/C=C1\C(=O)Nc2ccccc21. The molecule has 118 valence electrons. The standard InChI is InChI=1S/C19H14N2O3/c1-24-19(23)17-13(11-6-2-4-8-15(11)20-17)10-14-12-7-3-5-9-16(12)21-18(14)22/h2-10,20H,1H3,(H,21,22)/b14-10-. The monoisotopic (exact) mass is 318 g/mol. The molecule has 0 aliphatic carbocycles. The lowest BCUT2D eigenvalue weighted by Gasteiger charge is -2.01. The minimum Gasteiger partial charge on any atom is -0.464 e. The van der Waals surface area contributed by atoms with Gasteiger partial charge in [-0.05, 0) is 18.2 Å². The fraction of sp³-hybridized carbons (Fsp3) is 0.0526. The number of fused-ring (bicyclic) bond motifs is 2. The fourth-order valence-corrected chi connectivity index (χ4v) is 3.00. The van der Waals surface area contributed by atoms with Crippen molar-refractivity contribution < 1.29 is 14.3 Å². The highest BCUT2D eigenvalue weighted by molar-refractivity contribution is 6.35. The number of para-hydroxylation sites is 2. The number of anilines is 1. The van der Waals surface area contributed by atoms with Crippen LogP contribution >= 0.6 is 0 Å². The van der Waals surface area contributed by atoms with E-state index in [0.717, 1.165) is 22.2 Å². The maximum atomic E-state index is 12.3. The predicted octanol–water partition coefficient (Wildman–Crippen LogP) is 3.45. The molecule has 2 aromatic carbocycles. The summed E-state index contributed by atoms with van der Waals surface area (Å²) < 4.78 is 4.87. The van der Waals surface area contributed by atoms with Crippen LogP contribution < -0.4 is 5.32 Å².